The van der Waals surface area contributed by atoms with E-state index in [4.69, 9.17) is 0 Å². The van der Waals surface area contributed by atoms with Crippen LogP contribution in [-0.2, 0) is 11.3 Å². The molecule has 0 fully saturated rings. The second kappa shape index (κ2) is 7.35. The Kier molecular flexibility index (Phi) is 5.24. The van der Waals surface area contributed by atoms with Crippen molar-refractivity contribution in [1.29, 1.82) is 0 Å². The van der Waals surface area contributed by atoms with Gasteiger partial charge in [-0.1, -0.05) is 43.7 Å². The molecular formula is C15H18N4O3. The van der Waals surface area contributed by atoms with Crippen molar-refractivity contribution >= 4 is 11.7 Å². The first-order valence-corrected chi connectivity index (χ1v) is 7.12. The lowest BCUT2D eigenvalue weighted by atomic mass is 10.0. The lowest BCUT2D eigenvalue weighted by molar-refractivity contribution is -0.389. The van der Waals surface area contributed by atoms with Gasteiger partial charge in [0.1, 0.15) is 6.54 Å². The Balaban J connectivity index is 2.00. The fourth-order valence-corrected chi connectivity index (χ4v) is 2.22. The number of carbonyl (C=O) groups is 1. The van der Waals surface area contributed by atoms with Crippen molar-refractivity contribution in [2.45, 2.75) is 32.4 Å². The van der Waals surface area contributed by atoms with Gasteiger partial charge >= 0.3 is 5.82 Å². The third kappa shape index (κ3) is 4.15. The van der Waals surface area contributed by atoms with Crippen molar-refractivity contribution in [3.8, 4) is 0 Å². The first-order valence-electron chi connectivity index (χ1n) is 7.12. The van der Waals surface area contributed by atoms with Crippen molar-refractivity contribution in [3.63, 3.8) is 0 Å². The monoisotopic (exact) mass is 302 g/mol. The van der Waals surface area contributed by atoms with Crippen LogP contribution in [0.25, 0.3) is 0 Å². The van der Waals surface area contributed by atoms with Crippen LogP contribution < -0.4 is 5.32 Å². The highest BCUT2D eigenvalue weighted by atomic mass is 16.6. The minimum Gasteiger partial charge on any atom is -0.358 e. The summed E-state index contributed by atoms with van der Waals surface area (Å²) in [5.74, 6) is -0.485. The molecule has 0 radical (unpaired) electrons. The maximum absolute atomic E-state index is 12.1. The molecule has 1 atom stereocenters. The summed E-state index contributed by atoms with van der Waals surface area (Å²) in [6.07, 6.45) is 3.19. The average Bonchev–Trinajstić information content (AvgIpc) is 2.96. The molecule has 0 saturated heterocycles. The fraction of sp³-hybridized carbons (Fsp3) is 0.333. The normalized spacial score (nSPS) is 11.9. The number of carbonyl (C=O) groups excluding carboxylic acids is 1. The Bertz CT molecular complexity index is 639. The molecule has 7 nitrogen and oxygen atoms in total. The van der Waals surface area contributed by atoms with E-state index in [1.54, 1.807) is 0 Å². The number of hydrogen-bond donors (Lipinski definition) is 1. The predicted molar refractivity (Wildman–Crippen MR) is 81.1 cm³/mol. The third-order valence-corrected chi connectivity index (χ3v) is 3.23. The van der Waals surface area contributed by atoms with Gasteiger partial charge in [0.2, 0.25) is 5.91 Å². The number of nitrogens with zero attached hydrogens (tertiary/aromatic N) is 3. The predicted octanol–water partition coefficient (Wildman–Crippen LogP) is 2.45. The largest absolute Gasteiger partial charge is 0.389 e. The molecule has 1 aromatic carbocycles. The molecule has 0 unspecified atom stereocenters. The molecule has 0 aliphatic carbocycles. The molecule has 1 heterocycles. The molecule has 0 spiro atoms. The van der Waals surface area contributed by atoms with Gasteiger partial charge in [0.05, 0.1) is 23.4 Å². The number of amides is 1. The van der Waals surface area contributed by atoms with Gasteiger partial charge in [-0.3, -0.25) is 4.79 Å². The molecule has 1 amide bonds. The van der Waals surface area contributed by atoms with Crippen LogP contribution in [0.4, 0.5) is 5.82 Å². The van der Waals surface area contributed by atoms with Gasteiger partial charge in [-0.25, -0.2) is 0 Å². The third-order valence-electron chi connectivity index (χ3n) is 3.23. The van der Waals surface area contributed by atoms with E-state index >= 15 is 0 Å². The van der Waals surface area contributed by atoms with Gasteiger partial charge in [-0.05, 0) is 16.9 Å². The van der Waals surface area contributed by atoms with Crippen LogP contribution in [0.3, 0.4) is 0 Å². The summed E-state index contributed by atoms with van der Waals surface area (Å²) in [6, 6.07) is 10.9. The minimum atomic E-state index is -0.585. The molecule has 1 N–H and O–H groups in total. The molecule has 0 saturated carbocycles. The van der Waals surface area contributed by atoms with E-state index in [0.29, 0.717) is 0 Å². The quantitative estimate of drug-likeness (QED) is 0.628. The summed E-state index contributed by atoms with van der Waals surface area (Å²) in [7, 11) is 0. The maximum atomic E-state index is 12.1. The number of nitrogens with one attached hydrogen (secondary N) is 1. The zero-order chi connectivity index (χ0) is 15.9. The standard InChI is InChI=1S/C15H18N4O3/c1-2-6-13(12-7-4-3-5-8-12)16-15(20)11-18-10-9-14(17-18)19(21)22/h3-5,7-10,13H,2,6,11H2,1H3,(H,16,20)/t13-/m1/s1. The Labute approximate surface area is 128 Å². The summed E-state index contributed by atoms with van der Waals surface area (Å²) in [5, 5.41) is 17.3. The van der Waals surface area contributed by atoms with Crippen LogP contribution >= 0.6 is 0 Å². The van der Waals surface area contributed by atoms with Crippen molar-refractivity contribution < 1.29 is 9.72 Å². The van der Waals surface area contributed by atoms with Crippen molar-refractivity contribution in [2.24, 2.45) is 0 Å². The van der Waals surface area contributed by atoms with Crippen LogP contribution in [0, 0.1) is 10.1 Å². The van der Waals surface area contributed by atoms with Crippen molar-refractivity contribution in [2.75, 3.05) is 0 Å². The number of hydrogen-bond acceptors (Lipinski definition) is 4. The molecular weight excluding hydrogens is 284 g/mol. The summed E-state index contributed by atoms with van der Waals surface area (Å²) in [5.41, 5.74) is 1.05. The minimum absolute atomic E-state index is 0.0408. The van der Waals surface area contributed by atoms with E-state index in [1.165, 1.54) is 16.9 Å². The zero-order valence-corrected chi connectivity index (χ0v) is 12.3. The SMILES string of the molecule is CCC[C@@H](NC(=O)Cn1ccc([N+](=O)[O-])n1)c1ccccc1. The van der Waals surface area contributed by atoms with Gasteiger partial charge in [-0.15, -0.1) is 0 Å². The molecule has 0 aliphatic heterocycles. The summed E-state index contributed by atoms with van der Waals surface area (Å²) in [6.45, 7) is 2.01. The highest BCUT2D eigenvalue weighted by Crippen LogP contribution is 2.18. The smallest absolute Gasteiger partial charge is 0.358 e. The fourth-order valence-electron chi connectivity index (χ4n) is 2.22. The molecule has 7 heteroatoms. The highest BCUT2D eigenvalue weighted by Gasteiger charge is 2.17. The molecule has 2 rings (SSSR count). The first kappa shape index (κ1) is 15.7. The van der Waals surface area contributed by atoms with E-state index in [2.05, 4.69) is 17.3 Å². The van der Waals surface area contributed by atoms with E-state index in [9.17, 15) is 14.9 Å². The molecule has 116 valence electrons. The van der Waals surface area contributed by atoms with Crippen LogP contribution in [-0.4, -0.2) is 20.6 Å². The van der Waals surface area contributed by atoms with Crippen molar-refractivity contribution in [1.82, 2.24) is 15.1 Å². The Hall–Kier alpha value is -2.70. The summed E-state index contributed by atoms with van der Waals surface area (Å²) in [4.78, 5) is 22.1. The van der Waals surface area contributed by atoms with Gasteiger partial charge in [0.25, 0.3) is 0 Å². The average molecular weight is 302 g/mol. The maximum Gasteiger partial charge on any atom is 0.389 e. The second-order valence-corrected chi connectivity index (χ2v) is 4.95. The Morgan fingerprint density at radius 2 is 2.09 bits per heavy atom. The van der Waals surface area contributed by atoms with Gasteiger partial charge in [0, 0.05) is 0 Å². The topological polar surface area (TPSA) is 90.1 Å². The lowest BCUT2D eigenvalue weighted by Crippen LogP contribution is -2.31. The highest BCUT2D eigenvalue weighted by molar-refractivity contribution is 5.76. The van der Waals surface area contributed by atoms with Gasteiger partial charge in [0.15, 0.2) is 0 Å². The van der Waals surface area contributed by atoms with E-state index in [-0.39, 0.29) is 24.3 Å². The van der Waals surface area contributed by atoms with Gasteiger partial charge in [-0.2, -0.15) is 4.68 Å². The molecule has 1 aromatic heterocycles. The van der Waals surface area contributed by atoms with Crippen LogP contribution in [0.15, 0.2) is 42.6 Å². The Morgan fingerprint density at radius 3 is 2.68 bits per heavy atom. The Morgan fingerprint density at radius 1 is 1.36 bits per heavy atom. The molecule has 2 aromatic rings. The van der Waals surface area contributed by atoms with E-state index < -0.39 is 4.92 Å². The van der Waals surface area contributed by atoms with Crippen LogP contribution in [0.2, 0.25) is 0 Å². The van der Waals surface area contributed by atoms with E-state index in [1.807, 2.05) is 30.3 Å². The zero-order valence-electron chi connectivity index (χ0n) is 12.3. The number of rotatable bonds is 7. The number of nitro groups is 1. The molecule has 0 bridgehead atoms. The van der Waals surface area contributed by atoms with Crippen LogP contribution in [0.5, 0.6) is 0 Å². The number of aromatic nitrogens is 2. The second-order valence-electron chi connectivity index (χ2n) is 4.95. The lowest BCUT2D eigenvalue weighted by Gasteiger charge is -2.18. The van der Waals surface area contributed by atoms with Crippen LogP contribution in [0.1, 0.15) is 31.4 Å². The number of benzene rings is 1. The molecule has 0 aliphatic rings. The molecule has 22 heavy (non-hydrogen) atoms. The summed E-state index contributed by atoms with van der Waals surface area (Å²) < 4.78 is 1.27. The van der Waals surface area contributed by atoms with Gasteiger partial charge < -0.3 is 15.4 Å². The van der Waals surface area contributed by atoms with E-state index in [0.717, 1.165) is 18.4 Å². The van der Waals surface area contributed by atoms with Crippen molar-refractivity contribution in [3.05, 3.63) is 58.3 Å². The summed E-state index contributed by atoms with van der Waals surface area (Å²) >= 11 is 0. The first-order chi connectivity index (χ1) is 10.6.